The van der Waals surface area contributed by atoms with Crippen LogP contribution in [0.2, 0.25) is 0 Å². The van der Waals surface area contributed by atoms with Crippen molar-refractivity contribution in [2.45, 2.75) is 12.6 Å². The molecule has 18 heavy (non-hydrogen) atoms. The van der Waals surface area contributed by atoms with Crippen LogP contribution in [-0.2, 0) is 10.9 Å². The number of aromatic nitrogens is 1. The van der Waals surface area contributed by atoms with E-state index in [0.717, 1.165) is 7.11 Å². The quantitative estimate of drug-likeness (QED) is 0.613. The number of halogens is 6. The van der Waals surface area contributed by atoms with Gasteiger partial charge in [0.05, 0.1) is 12.7 Å². The number of rotatable bonds is 2. The predicted molar refractivity (Wildman–Crippen MR) is 53.2 cm³/mol. The average Bonchev–Trinajstić information content (AvgIpc) is 2.25. The first kappa shape index (κ1) is 14.8. The highest BCUT2D eigenvalue weighted by atomic mass is 79.9. The molecule has 0 aliphatic carbocycles. The van der Waals surface area contributed by atoms with E-state index in [9.17, 15) is 26.7 Å². The number of pyridine rings is 1. The lowest BCUT2D eigenvalue weighted by atomic mass is 10.1. The molecule has 0 unspecified atom stereocenters. The van der Waals surface area contributed by atoms with E-state index in [2.05, 4.69) is 25.7 Å². The highest BCUT2D eigenvalue weighted by molar-refractivity contribution is 9.10. The van der Waals surface area contributed by atoms with Crippen LogP contribution in [0.5, 0.6) is 0 Å². The molecule has 0 radical (unpaired) electrons. The summed E-state index contributed by atoms with van der Waals surface area (Å²) in [5.41, 5.74) is -3.45. The van der Waals surface area contributed by atoms with E-state index in [-0.39, 0.29) is 0 Å². The summed E-state index contributed by atoms with van der Waals surface area (Å²) in [4.78, 5) is 14.0. The number of methoxy groups -OCH3 is 1. The van der Waals surface area contributed by atoms with E-state index in [1.165, 1.54) is 0 Å². The lowest BCUT2D eigenvalue weighted by molar-refractivity contribution is -0.141. The fraction of sp³-hybridized carbons (Fsp3) is 0.333. The first-order chi connectivity index (χ1) is 8.18. The zero-order valence-corrected chi connectivity index (χ0v) is 10.3. The van der Waals surface area contributed by atoms with Crippen molar-refractivity contribution in [3.63, 3.8) is 0 Å². The second-order valence-electron chi connectivity index (χ2n) is 3.05. The maximum absolute atomic E-state index is 12.6. The van der Waals surface area contributed by atoms with Gasteiger partial charge in [0.15, 0.2) is 11.4 Å². The summed E-state index contributed by atoms with van der Waals surface area (Å²) in [7, 11) is 0.856. The van der Waals surface area contributed by atoms with E-state index in [0.29, 0.717) is 6.07 Å². The molecule has 100 valence electrons. The minimum Gasteiger partial charge on any atom is -0.464 e. The van der Waals surface area contributed by atoms with Gasteiger partial charge < -0.3 is 4.74 Å². The van der Waals surface area contributed by atoms with Crippen LogP contribution in [0.3, 0.4) is 0 Å². The SMILES string of the molecule is COC(=O)c1nc(C(F)(F)F)c(Br)cc1C(F)F. The molecule has 9 heteroatoms. The molecule has 0 saturated heterocycles. The molecule has 0 aromatic carbocycles. The number of nitrogens with zero attached hydrogens (tertiary/aromatic N) is 1. The largest absolute Gasteiger partial charge is 0.464 e. The van der Waals surface area contributed by atoms with Gasteiger partial charge >= 0.3 is 12.1 Å². The van der Waals surface area contributed by atoms with E-state index < -0.39 is 40.0 Å². The van der Waals surface area contributed by atoms with Gasteiger partial charge in [0.2, 0.25) is 0 Å². The molecule has 1 aromatic rings. The number of carbonyl (C=O) groups is 1. The van der Waals surface area contributed by atoms with Crippen molar-refractivity contribution in [2.75, 3.05) is 7.11 Å². The standard InChI is InChI=1S/C9H5BrF5NO2/c1-18-8(17)5-3(7(11)12)2-4(10)6(16-5)9(13,14)15/h2,7H,1H3. The molecule has 0 saturated carbocycles. The van der Waals surface area contributed by atoms with Crippen LogP contribution in [0.4, 0.5) is 22.0 Å². The molecule has 1 aromatic heterocycles. The maximum Gasteiger partial charge on any atom is 0.434 e. The lowest BCUT2D eigenvalue weighted by Crippen LogP contribution is -2.16. The Balaban J connectivity index is 3.50. The van der Waals surface area contributed by atoms with Crippen LogP contribution in [0.15, 0.2) is 10.5 Å². The molecule has 1 heterocycles. The lowest BCUT2D eigenvalue weighted by Gasteiger charge is -2.12. The number of carbonyl (C=O) groups excluding carboxylic acids is 1. The van der Waals surface area contributed by atoms with E-state index in [1.807, 2.05) is 0 Å². The number of hydrogen-bond acceptors (Lipinski definition) is 3. The summed E-state index contributed by atoms with van der Waals surface area (Å²) < 4.78 is 66.1. The predicted octanol–water partition coefficient (Wildman–Crippen LogP) is 3.59. The fourth-order valence-corrected chi connectivity index (χ4v) is 1.69. The Morgan fingerprint density at radius 2 is 2.00 bits per heavy atom. The van der Waals surface area contributed by atoms with Crippen molar-refractivity contribution >= 4 is 21.9 Å². The third kappa shape index (κ3) is 2.95. The molecule has 0 aliphatic heterocycles. The van der Waals surface area contributed by atoms with Crippen molar-refractivity contribution in [3.8, 4) is 0 Å². The van der Waals surface area contributed by atoms with Crippen LogP contribution >= 0.6 is 15.9 Å². The number of esters is 1. The highest BCUT2D eigenvalue weighted by Crippen LogP contribution is 2.36. The number of ether oxygens (including phenoxy) is 1. The van der Waals surface area contributed by atoms with Crippen molar-refractivity contribution in [2.24, 2.45) is 0 Å². The van der Waals surface area contributed by atoms with Crippen molar-refractivity contribution in [3.05, 3.63) is 27.5 Å². The third-order valence-corrected chi connectivity index (χ3v) is 2.49. The minimum atomic E-state index is -4.87. The molecule has 0 bridgehead atoms. The number of hydrogen-bond donors (Lipinski definition) is 0. The van der Waals surface area contributed by atoms with Gasteiger partial charge in [-0.05, 0) is 22.0 Å². The van der Waals surface area contributed by atoms with Crippen LogP contribution in [0, 0.1) is 0 Å². The molecule has 0 aliphatic rings. The zero-order chi connectivity index (χ0) is 14.1. The average molecular weight is 334 g/mol. The van der Waals surface area contributed by atoms with Crippen LogP contribution in [0.25, 0.3) is 0 Å². The Hall–Kier alpha value is -1.25. The molecule has 1 rings (SSSR count). The van der Waals surface area contributed by atoms with Gasteiger partial charge in [0.25, 0.3) is 6.43 Å². The van der Waals surface area contributed by atoms with Crippen LogP contribution < -0.4 is 0 Å². The Kier molecular flexibility index (Phi) is 4.25. The molecule has 0 N–H and O–H groups in total. The van der Waals surface area contributed by atoms with Gasteiger partial charge in [-0.2, -0.15) is 13.2 Å². The summed E-state index contributed by atoms with van der Waals surface area (Å²) in [5, 5.41) is 0. The fourth-order valence-electron chi connectivity index (χ4n) is 1.13. The monoisotopic (exact) mass is 333 g/mol. The van der Waals surface area contributed by atoms with Gasteiger partial charge in [-0.25, -0.2) is 18.6 Å². The topological polar surface area (TPSA) is 39.2 Å². The number of alkyl halides is 5. The second kappa shape index (κ2) is 5.17. The Bertz CT molecular complexity index is 475. The first-order valence-electron chi connectivity index (χ1n) is 4.32. The van der Waals surface area contributed by atoms with Gasteiger partial charge in [-0.1, -0.05) is 0 Å². The maximum atomic E-state index is 12.6. The van der Waals surface area contributed by atoms with Crippen LogP contribution in [0.1, 0.15) is 28.2 Å². The van der Waals surface area contributed by atoms with E-state index in [4.69, 9.17) is 0 Å². The van der Waals surface area contributed by atoms with Gasteiger partial charge in [-0.15, -0.1) is 0 Å². The Morgan fingerprint density at radius 3 is 2.39 bits per heavy atom. The minimum absolute atomic E-state index is 0.507. The normalized spacial score (nSPS) is 11.8. The summed E-state index contributed by atoms with van der Waals surface area (Å²) >= 11 is 2.49. The third-order valence-electron chi connectivity index (χ3n) is 1.89. The van der Waals surface area contributed by atoms with E-state index >= 15 is 0 Å². The Labute approximate surface area is 106 Å². The van der Waals surface area contributed by atoms with Gasteiger partial charge in [0.1, 0.15) is 0 Å². The second-order valence-corrected chi connectivity index (χ2v) is 3.90. The molecule has 0 amide bonds. The molecular formula is C9H5BrF5NO2. The van der Waals surface area contributed by atoms with Gasteiger partial charge in [0, 0.05) is 4.47 Å². The summed E-state index contributed by atoms with van der Waals surface area (Å²) in [6.45, 7) is 0. The van der Waals surface area contributed by atoms with Crippen molar-refractivity contribution < 1.29 is 31.5 Å². The van der Waals surface area contributed by atoms with Crippen molar-refractivity contribution in [1.82, 2.24) is 4.98 Å². The van der Waals surface area contributed by atoms with E-state index in [1.54, 1.807) is 0 Å². The first-order valence-corrected chi connectivity index (χ1v) is 5.12. The zero-order valence-electron chi connectivity index (χ0n) is 8.69. The molecule has 0 spiro atoms. The summed E-state index contributed by atoms with van der Waals surface area (Å²) in [6.07, 6.45) is -8.02. The van der Waals surface area contributed by atoms with Gasteiger partial charge in [-0.3, -0.25) is 0 Å². The molecular weight excluding hydrogens is 329 g/mol. The Morgan fingerprint density at radius 1 is 1.44 bits per heavy atom. The highest BCUT2D eigenvalue weighted by Gasteiger charge is 2.37. The van der Waals surface area contributed by atoms with Crippen molar-refractivity contribution in [1.29, 1.82) is 0 Å². The smallest absolute Gasteiger partial charge is 0.434 e. The summed E-state index contributed by atoms with van der Waals surface area (Å²) in [6, 6.07) is 0.507. The summed E-state index contributed by atoms with van der Waals surface area (Å²) in [5.74, 6) is -1.36. The molecule has 3 nitrogen and oxygen atoms in total. The molecule has 0 fully saturated rings. The molecule has 0 atom stereocenters. The van der Waals surface area contributed by atoms with Crippen LogP contribution in [-0.4, -0.2) is 18.1 Å².